The number of allylic oxidation sites excluding steroid dienone is 8. The Bertz CT molecular complexity index is 1110. The molecule has 0 saturated heterocycles. The van der Waals surface area contributed by atoms with Crippen LogP contribution < -0.4 is 0 Å². The first kappa shape index (κ1) is 55.0. The smallest absolute Gasteiger partial charge is 0.462 e. The molecule has 0 radical (unpaired) electrons. The second-order valence-electron chi connectivity index (χ2n) is 16.4. The van der Waals surface area contributed by atoms with Gasteiger partial charge >= 0.3 is 19.8 Å². The van der Waals surface area contributed by atoms with Crippen molar-refractivity contribution >= 4 is 19.8 Å². The summed E-state index contributed by atoms with van der Waals surface area (Å²) in [4.78, 5) is 35.3. The zero-order valence-electron chi connectivity index (χ0n) is 37.3. The maximum Gasteiger partial charge on any atom is 0.472 e. The molecule has 0 aromatic rings. The normalized spacial score (nSPS) is 14.0. The Kier molecular flexibility index (Phi) is 38.0. The minimum absolute atomic E-state index is 0.0212. The van der Waals surface area contributed by atoms with Crippen molar-refractivity contribution in [3.05, 3.63) is 48.6 Å². The van der Waals surface area contributed by atoms with Crippen molar-refractivity contribution in [3.8, 4) is 0 Å². The molecule has 0 aliphatic carbocycles. The van der Waals surface area contributed by atoms with Crippen LogP contribution in [0.15, 0.2) is 48.6 Å². The molecule has 0 aliphatic rings. The van der Waals surface area contributed by atoms with Gasteiger partial charge in [-0.1, -0.05) is 172 Å². The molecule has 10 heteroatoms. The molecule has 0 aromatic carbocycles. The van der Waals surface area contributed by atoms with Crippen LogP contribution in [-0.4, -0.2) is 74.9 Å². The predicted octanol–water partition coefficient (Wildman–Crippen LogP) is 13.1. The Labute approximate surface area is 350 Å². The third kappa shape index (κ3) is 43.4. The van der Waals surface area contributed by atoms with Gasteiger partial charge in [-0.3, -0.25) is 18.6 Å². The fourth-order valence-electron chi connectivity index (χ4n) is 6.01. The molecule has 1 unspecified atom stereocenters. The van der Waals surface area contributed by atoms with Crippen molar-refractivity contribution in [2.75, 3.05) is 47.5 Å². The lowest BCUT2D eigenvalue weighted by Crippen LogP contribution is -2.37. The summed E-state index contributed by atoms with van der Waals surface area (Å²) in [5, 5.41) is 0. The Morgan fingerprint density at radius 2 is 0.965 bits per heavy atom. The van der Waals surface area contributed by atoms with E-state index in [9.17, 15) is 19.0 Å². The molecule has 0 bridgehead atoms. The molecule has 332 valence electrons. The van der Waals surface area contributed by atoms with Crippen LogP contribution in [-0.2, 0) is 32.7 Å². The first-order valence-electron chi connectivity index (χ1n) is 22.9. The maximum atomic E-state index is 12.7. The van der Waals surface area contributed by atoms with Crippen LogP contribution >= 0.6 is 7.82 Å². The van der Waals surface area contributed by atoms with E-state index in [0.717, 1.165) is 44.9 Å². The van der Waals surface area contributed by atoms with Crippen molar-refractivity contribution in [2.45, 2.75) is 193 Å². The summed E-state index contributed by atoms with van der Waals surface area (Å²) >= 11 is 0. The molecule has 0 aromatic heterocycles. The monoisotopic (exact) mass is 825 g/mol. The molecule has 0 spiro atoms. The van der Waals surface area contributed by atoms with Crippen LogP contribution in [0.4, 0.5) is 0 Å². The van der Waals surface area contributed by atoms with Gasteiger partial charge in [-0.15, -0.1) is 0 Å². The molecule has 2 atom stereocenters. The zero-order valence-corrected chi connectivity index (χ0v) is 38.2. The number of phosphoric acid groups is 1. The van der Waals surface area contributed by atoms with E-state index in [-0.39, 0.29) is 32.0 Å². The Morgan fingerprint density at radius 1 is 0.544 bits per heavy atom. The summed E-state index contributed by atoms with van der Waals surface area (Å²) in [6.07, 6.45) is 46.0. The van der Waals surface area contributed by atoms with Crippen molar-refractivity contribution in [1.82, 2.24) is 0 Å². The van der Waals surface area contributed by atoms with Gasteiger partial charge in [0.25, 0.3) is 0 Å². The number of rotatable bonds is 41. The topological polar surface area (TPSA) is 108 Å². The van der Waals surface area contributed by atoms with Gasteiger partial charge in [-0.05, 0) is 51.4 Å². The number of likely N-dealkylation sites (N-methyl/N-ethyl adjacent to an activating group) is 1. The SMILES string of the molecule is CCCCCCCCC/C=C/C/C=C/C/C=C/C/C=C/CCCC(=O)O[C@H](COC(=O)CCCCCCCCCCCCCC)COP(=O)(O)OCC[N+](C)(C)C. The summed E-state index contributed by atoms with van der Waals surface area (Å²) in [7, 11) is 1.44. The summed E-state index contributed by atoms with van der Waals surface area (Å²) in [6.45, 7) is 4.35. The lowest BCUT2D eigenvalue weighted by atomic mass is 10.0. The van der Waals surface area contributed by atoms with Crippen LogP contribution in [0.3, 0.4) is 0 Å². The van der Waals surface area contributed by atoms with Gasteiger partial charge < -0.3 is 18.9 Å². The largest absolute Gasteiger partial charge is 0.472 e. The predicted molar refractivity (Wildman–Crippen MR) is 238 cm³/mol. The number of ether oxygens (including phenoxy) is 2. The third-order valence-corrected chi connectivity index (χ3v) is 10.6. The first-order valence-corrected chi connectivity index (χ1v) is 24.4. The standard InChI is InChI=1S/C47H86NO8P/c1-6-8-10-12-14-16-18-20-21-22-23-24-25-26-27-28-30-32-34-36-38-40-47(50)56-45(44-55-57(51,52)54-42-41-48(3,4)5)43-53-46(49)39-37-35-33-31-29-19-17-15-13-11-9-7-2/h21-22,24-25,27-28,32,34,45H,6-20,23,26,29-31,33,35-44H2,1-5H3/p+1/b22-21+,25-24+,28-27+,34-32+/t45-/m1/s1. The molecular weight excluding hydrogens is 737 g/mol. The van der Waals surface area contributed by atoms with Gasteiger partial charge in [-0.25, -0.2) is 4.57 Å². The van der Waals surface area contributed by atoms with Gasteiger partial charge in [0.2, 0.25) is 0 Å². The molecule has 0 fully saturated rings. The quantitative estimate of drug-likeness (QED) is 0.0213. The highest BCUT2D eigenvalue weighted by atomic mass is 31.2. The van der Waals surface area contributed by atoms with Crippen molar-refractivity contribution in [2.24, 2.45) is 0 Å². The lowest BCUT2D eigenvalue weighted by Gasteiger charge is -2.24. The molecule has 0 rings (SSSR count). The van der Waals surface area contributed by atoms with Gasteiger partial charge in [0, 0.05) is 12.8 Å². The van der Waals surface area contributed by atoms with Crippen LogP contribution in [0.5, 0.6) is 0 Å². The number of unbranched alkanes of at least 4 members (excludes halogenated alkanes) is 19. The van der Waals surface area contributed by atoms with Crippen LogP contribution in [0.2, 0.25) is 0 Å². The Balaban J connectivity index is 4.42. The van der Waals surface area contributed by atoms with E-state index in [1.54, 1.807) is 0 Å². The molecule has 0 heterocycles. The van der Waals surface area contributed by atoms with Gasteiger partial charge in [-0.2, -0.15) is 0 Å². The van der Waals surface area contributed by atoms with Crippen molar-refractivity contribution < 1.29 is 42.1 Å². The van der Waals surface area contributed by atoms with E-state index in [2.05, 4.69) is 62.5 Å². The van der Waals surface area contributed by atoms with Gasteiger partial charge in [0.05, 0.1) is 27.7 Å². The molecular formula is C47H87NO8P+. The number of nitrogens with zero attached hydrogens (tertiary/aromatic N) is 1. The summed E-state index contributed by atoms with van der Waals surface area (Å²) < 4.78 is 34.2. The fraction of sp³-hybridized carbons (Fsp3) is 0.787. The number of hydrogen-bond donors (Lipinski definition) is 1. The fourth-order valence-corrected chi connectivity index (χ4v) is 6.75. The van der Waals surface area contributed by atoms with Crippen molar-refractivity contribution in [3.63, 3.8) is 0 Å². The molecule has 9 nitrogen and oxygen atoms in total. The third-order valence-electron chi connectivity index (χ3n) is 9.61. The van der Waals surface area contributed by atoms with E-state index in [0.29, 0.717) is 17.4 Å². The molecule has 57 heavy (non-hydrogen) atoms. The minimum Gasteiger partial charge on any atom is -0.462 e. The number of esters is 2. The highest BCUT2D eigenvalue weighted by Gasteiger charge is 2.27. The first-order chi connectivity index (χ1) is 27.5. The average molecular weight is 825 g/mol. The minimum atomic E-state index is -4.39. The van der Waals surface area contributed by atoms with Gasteiger partial charge in [0.15, 0.2) is 6.10 Å². The highest BCUT2D eigenvalue weighted by Crippen LogP contribution is 2.43. The second kappa shape index (κ2) is 39.4. The second-order valence-corrected chi connectivity index (χ2v) is 17.9. The molecule has 0 amide bonds. The zero-order chi connectivity index (χ0) is 42.1. The van der Waals surface area contributed by atoms with Crippen LogP contribution in [0.25, 0.3) is 0 Å². The average Bonchev–Trinajstić information content (AvgIpc) is 3.16. The number of hydrogen-bond acceptors (Lipinski definition) is 7. The number of carbonyl (C=O) groups is 2. The Morgan fingerprint density at radius 3 is 1.46 bits per heavy atom. The van der Waals surface area contributed by atoms with Gasteiger partial charge in [0.1, 0.15) is 19.8 Å². The van der Waals surface area contributed by atoms with Crippen LogP contribution in [0.1, 0.15) is 187 Å². The summed E-state index contributed by atoms with van der Waals surface area (Å²) in [5.74, 6) is -0.863. The van der Waals surface area contributed by atoms with E-state index in [1.165, 1.54) is 109 Å². The highest BCUT2D eigenvalue weighted by molar-refractivity contribution is 7.47. The van der Waals surface area contributed by atoms with Crippen molar-refractivity contribution in [1.29, 1.82) is 0 Å². The van der Waals surface area contributed by atoms with E-state index in [4.69, 9.17) is 18.5 Å². The number of quaternary nitrogens is 1. The summed E-state index contributed by atoms with van der Waals surface area (Å²) in [6, 6.07) is 0. The molecule has 0 aliphatic heterocycles. The number of phosphoric ester groups is 1. The Hall–Kier alpha value is -2.03. The van der Waals surface area contributed by atoms with E-state index in [1.807, 2.05) is 21.1 Å². The lowest BCUT2D eigenvalue weighted by molar-refractivity contribution is -0.870. The van der Waals surface area contributed by atoms with E-state index >= 15 is 0 Å². The molecule has 0 saturated carbocycles. The maximum absolute atomic E-state index is 12.7. The van der Waals surface area contributed by atoms with Crippen LogP contribution in [0, 0.1) is 0 Å². The summed E-state index contributed by atoms with van der Waals surface area (Å²) in [5.41, 5.74) is 0. The van der Waals surface area contributed by atoms with E-state index < -0.39 is 26.5 Å². The molecule has 1 N–H and O–H groups in total. The number of carbonyl (C=O) groups excluding carboxylic acids is 2.